The van der Waals surface area contributed by atoms with Gasteiger partial charge in [0.1, 0.15) is 6.10 Å². The van der Waals surface area contributed by atoms with E-state index >= 15 is 4.79 Å². The minimum absolute atomic E-state index is 0.0680. The maximum absolute atomic E-state index is 15.2. The van der Waals surface area contributed by atoms with Gasteiger partial charge in [0.2, 0.25) is 0 Å². The highest BCUT2D eigenvalue weighted by molar-refractivity contribution is 6.00. The number of unbranched alkanes of at least 4 members (excludes halogenated alkanes) is 1. The van der Waals surface area contributed by atoms with Crippen molar-refractivity contribution >= 4 is 5.78 Å². The highest BCUT2D eigenvalue weighted by atomic mass is 16.5. The van der Waals surface area contributed by atoms with Gasteiger partial charge >= 0.3 is 0 Å². The molecule has 2 aliphatic heterocycles. The van der Waals surface area contributed by atoms with E-state index in [1.54, 1.807) is 13.8 Å². The van der Waals surface area contributed by atoms with Crippen LogP contribution in [0.15, 0.2) is 47.3 Å². The molecule has 0 amide bonds. The number of dihydropyridines is 1. The van der Waals surface area contributed by atoms with Crippen molar-refractivity contribution in [1.29, 1.82) is 0 Å². The van der Waals surface area contributed by atoms with Crippen LogP contribution in [0.4, 0.5) is 0 Å². The van der Waals surface area contributed by atoms with Gasteiger partial charge in [-0.1, -0.05) is 58.3 Å². The quantitative estimate of drug-likeness (QED) is 0.146. The summed E-state index contributed by atoms with van der Waals surface area (Å²) < 4.78 is 6.70. The van der Waals surface area contributed by atoms with Gasteiger partial charge in [0.15, 0.2) is 5.78 Å². The number of aliphatic hydroxyl groups excluding tert-OH is 4. The first-order valence-corrected chi connectivity index (χ1v) is 22.4. The number of nitrogens with two attached hydrogens (primary N) is 1. The van der Waals surface area contributed by atoms with Gasteiger partial charge in [0.05, 0.1) is 53.6 Å². The number of Topliss-reactive ketones (excluding diaryl/α,β-unsaturated/α-hetero) is 1. The van der Waals surface area contributed by atoms with Crippen LogP contribution in [0.1, 0.15) is 112 Å². The summed E-state index contributed by atoms with van der Waals surface area (Å²) in [5, 5.41) is 78.5. The maximum atomic E-state index is 15.2. The van der Waals surface area contributed by atoms with Crippen molar-refractivity contribution in [3.05, 3.63) is 47.3 Å². The van der Waals surface area contributed by atoms with Gasteiger partial charge in [-0.3, -0.25) is 4.79 Å². The number of rotatable bonds is 10. The molecule has 57 heavy (non-hydrogen) atoms. The number of hydrogen-bond donors (Lipinski definition) is 9. The topological polar surface area (TPSA) is 198 Å². The summed E-state index contributed by atoms with van der Waals surface area (Å²) in [5.41, 5.74) is 3.09. The number of ether oxygens (including phenoxy) is 1. The van der Waals surface area contributed by atoms with Crippen LogP contribution >= 0.6 is 0 Å². The van der Waals surface area contributed by atoms with E-state index < -0.39 is 64.4 Å². The van der Waals surface area contributed by atoms with Gasteiger partial charge in [0, 0.05) is 30.0 Å². The van der Waals surface area contributed by atoms with Gasteiger partial charge in [-0.2, -0.15) is 0 Å². The molecule has 318 valence electrons. The molecule has 0 aromatic carbocycles. The van der Waals surface area contributed by atoms with E-state index in [4.69, 9.17) is 10.5 Å². The molecule has 10 N–H and O–H groups in total. The van der Waals surface area contributed by atoms with E-state index in [9.17, 15) is 30.6 Å². The predicted octanol–water partition coefficient (Wildman–Crippen LogP) is 3.72. The second-order valence-corrected chi connectivity index (χ2v) is 20.5. The molecule has 5 fully saturated rings. The largest absolute Gasteiger partial charge is 0.392 e. The molecule has 11 nitrogen and oxygen atoms in total. The van der Waals surface area contributed by atoms with E-state index in [1.165, 1.54) is 19.3 Å². The lowest BCUT2D eigenvalue weighted by Crippen LogP contribution is -2.67. The normalized spacial score (nSPS) is 48.4. The summed E-state index contributed by atoms with van der Waals surface area (Å²) in [7, 11) is 0. The van der Waals surface area contributed by atoms with Crippen molar-refractivity contribution in [1.82, 2.24) is 10.6 Å². The minimum atomic E-state index is -1.63. The molecular weight excluding hydrogens is 723 g/mol. The van der Waals surface area contributed by atoms with Gasteiger partial charge in [0.25, 0.3) is 0 Å². The molecule has 11 heteroatoms. The lowest BCUT2D eigenvalue weighted by atomic mass is 9.41. The molecule has 19 unspecified atom stereocenters. The molecule has 0 bridgehead atoms. The molecule has 4 saturated carbocycles. The monoisotopic (exact) mass is 794 g/mol. The molecule has 6 aliphatic carbocycles. The Bertz CT molecular complexity index is 1680. The number of carbonyl (C=O) groups is 1. The van der Waals surface area contributed by atoms with Crippen LogP contribution in [0, 0.1) is 58.2 Å². The van der Waals surface area contributed by atoms with Gasteiger partial charge in [-0.25, -0.2) is 0 Å². The van der Waals surface area contributed by atoms with Crippen LogP contribution < -0.4 is 16.4 Å². The molecule has 1 saturated heterocycles. The van der Waals surface area contributed by atoms with Crippen molar-refractivity contribution in [2.24, 2.45) is 63.9 Å². The van der Waals surface area contributed by atoms with Crippen molar-refractivity contribution in [2.45, 2.75) is 166 Å². The minimum Gasteiger partial charge on any atom is -0.392 e. The molecule has 8 aliphatic rings. The second kappa shape index (κ2) is 15.1. The van der Waals surface area contributed by atoms with Crippen LogP contribution in [0.5, 0.6) is 0 Å². The number of carbonyl (C=O) groups excluding carboxylic acids is 1. The van der Waals surface area contributed by atoms with Gasteiger partial charge < -0.3 is 51.7 Å². The molecule has 0 aromatic rings. The Morgan fingerprint density at radius 1 is 1.09 bits per heavy atom. The molecule has 0 aromatic heterocycles. The first-order chi connectivity index (χ1) is 27.0. The molecule has 2 heterocycles. The Labute approximate surface area is 339 Å². The average molecular weight is 794 g/mol. The highest BCUT2D eigenvalue weighted by Crippen LogP contribution is 2.73. The second-order valence-electron chi connectivity index (χ2n) is 20.5. The van der Waals surface area contributed by atoms with E-state index in [1.807, 2.05) is 25.3 Å². The molecule has 1 spiro atoms. The number of hydrogen-bond acceptors (Lipinski definition) is 11. The Balaban J connectivity index is 1.20. The summed E-state index contributed by atoms with van der Waals surface area (Å²) in [5.74, 6) is -1.01. The van der Waals surface area contributed by atoms with Crippen LogP contribution in [0.2, 0.25) is 0 Å². The lowest BCUT2D eigenvalue weighted by Gasteiger charge is -2.64. The van der Waals surface area contributed by atoms with Gasteiger partial charge in [-0.05, 0) is 130 Å². The first-order valence-electron chi connectivity index (χ1n) is 22.4. The van der Waals surface area contributed by atoms with Crippen LogP contribution in [-0.2, 0) is 9.53 Å². The SMILES string of the molecule is CCCCC1CCC2OC(C(O)C(C)(O)C3CCC4(O)C5=C(NCC(C)O)C(=O)C6CC(O)C(O)CC67CC(C6=CNC(N)C=C6)C=CC(CC34C)C57)C(C)C2C1. The van der Waals surface area contributed by atoms with E-state index in [0.717, 1.165) is 24.8 Å². The third kappa shape index (κ3) is 6.55. The highest BCUT2D eigenvalue weighted by Gasteiger charge is 2.73. The molecule has 0 radical (unpaired) electrons. The third-order valence-corrected chi connectivity index (χ3v) is 17.2. The lowest BCUT2D eigenvalue weighted by molar-refractivity contribution is -0.204. The number of fused-ring (bicyclic) bond motifs is 3. The zero-order valence-electron chi connectivity index (χ0n) is 34.8. The summed E-state index contributed by atoms with van der Waals surface area (Å²) in [6.45, 7) is 9.93. The fourth-order valence-electron chi connectivity index (χ4n) is 14.3. The summed E-state index contributed by atoms with van der Waals surface area (Å²) in [6, 6.07) is 0. The molecule has 19 atom stereocenters. The number of nitrogens with one attached hydrogen (secondary N) is 2. The van der Waals surface area contributed by atoms with Gasteiger partial charge in [-0.15, -0.1) is 0 Å². The van der Waals surface area contributed by atoms with Crippen LogP contribution in [0.3, 0.4) is 0 Å². The summed E-state index contributed by atoms with van der Waals surface area (Å²) in [6.07, 6.45) is 14.3. The smallest absolute Gasteiger partial charge is 0.182 e. The Kier molecular flexibility index (Phi) is 11.0. The average Bonchev–Trinajstić information content (AvgIpc) is 3.59. The van der Waals surface area contributed by atoms with E-state index in [2.05, 4.69) is 36.6 Å². The van der Waals surface area contributed by atoms with Crippen LogP contribution in [-0.4, -0.2) is 97.0 Å². The fourth-order valence-corrected chi connectivity index (χ4v) is 14.3. The van der Waals surface area contributed by atoms with Crippen LogP contribution in [0.25, 0.3) is 0 Å². The summed E-state index contributed by atoms with van der Waals surface area (Å²) >= 11 is 0. The zero-order chi connectivity index (χ0) is 40.8. The van der Waals surface area contributed by atoms with E-state index in [0.29, 0.717) is 42.4 Å². The molecule has 8 rings (SSSR count). The Morgan fingerprint density at radius 3 is 2.56 bits per heavy atom. The number of aliphatic hydroxyl groups is 6. The standard InChI is InChI=1S/C46H71N3O8/c1-6-7-8-26-9-13-34-30(17-26)25(3)41(57-34)42(54)44(5,55)35-15-16-46(56)38-37-28(19-43(35,46)4)11-10-27(29-12-14-36(47)48-23-29)20-45(37)21-33(52)32(51)18-31(45)40(53)39(38)49-22-24(2)50/h10-12,14,23-28,30-37,41-42,48-52,54-56H,6-9,13,15-22,47H2,1-5H3. The Hall–Kier alpha value is -2.09. The Morgan fingerprint density at radius 2 is 1.86 bits per heavy atom. The van der Waals surface area contributed by atoms with Crippen molar-refractivity contribution in [3.8, 4) is 0 Å². The number of allylic oxidation sites excluding steroid dienone is 5. The summed E-state index contributed by atoms with van der Waals surface area (Å²) in [4.78, 5) is 15.2. The van der Waals surface area contributed by atoms with Crippen molar-refractivity contribution < 1.29 is 40.2 Å². The molecular formula is C46H71N3O8. The number of ketones is 1. The first kappa shape index (κ1) is 41.6. The third-order valence-electron chi connectivity index (χ3n) is 17.2. The van der Waals surface area contributed by atoms with Crippen molar-refractivity contribution in [2.75, 3.05) is 6.54 Å². The van der Waals surface area contributed by atoms with Crippen molar-refractivity contribution in [3.63, 3.8) is 0 Å². The predicted molar refractivity (Wildman–Crippen MR) is 217 cm³/mol. The maximum Gasteiger partial charge on any atom is 0.182 e. The van der Waals surface area contributed by atoms with E-state index in [-0.39, 0.29) is 67.5 Å². The fraction of sp³-hybridized carbons (Fsp3) is 0.804. The zero-order valence-corrected chi connectivity index (χ0v) is 34.8.